The van der Waals surface area contributed by atoms with Crippen molar-refractivity contribution >= 4 is 10.9 Å². The highest BCUT2D eigenvalue weighted by Gasteiger charge is 2.35. The smallest absolute Gasteiger partial charge is 0.105 e. The van der Waals surface area contributed by atoms with Crippen molar-refractivity contribution < 1.29 is 5.11 Å². The molecular weight excluding hydrogens is 322 g/mol. The number of rotatable bonds is 6. The van der Waals surface area contributed by atoms with Crippen LogP contribution >= 0.6 is 0 Å². The molecule has 2 aromatic carbocycles. The molecule has 2 N–H and O–H groups in total. The van der Waals surface area contributed by atoms with Gasteiger partial charge >= 0.3 is 0 Å². The predicted octanol–water partition coefficient (Wildman–Crippen LogP) is 3.67. The number of aliphatic hydroxyl groups excluding tert-OH is 1. The van der Waals surface area contributed by atoms with Crippen LogP contribution in [0.2, 0.25) is 0 Å². The van der Waals surface area contributed by atoms with Gasteiger partial charge in [-0.3, -0.25) is 5.32 Å². The lowest BCUT2D eigenvalue weighted by Gasteiger charge is -2.33. The molecule has 3 aromatic rings. The number of hydrogen-bond donors (Lipinski definition) is 2. The van der Waals surface area contributed by atoms with Gasteiger partial charge in [0, 0.05) is 29.6 Å². The molecule has 0 amide bonds. The van der Waals surface area contributed by atoms with Crippen LogP contribution in [0.4, 0.5) is 0 Å². The van der Waals surface area contributed by atoms with Crippen LogP contribution in [-0.4, -0.2) is 22.3 Å². The molecule has 134 valence electrons. The molecule has 0 bridgehead atoms. The zero-order valence-corrected chi connectivity index (χ0v) is 15.5. The minimum Gasteiger partial charge on any atom is -0.394 e. The van der Waals surface area contributed by atoms with Crippen molar-refractivity contribution in [1.29, 1.82) is 5.26 Å². The minimum absolute atomic E-state index is 0.0617. The van der Waals surface area contributed by atoms with E-state index in [0.29, 0.717) is 0 Å². The predicted molar refractivity (Wildman–Crippen MR) is 105 cm³/mol. The molecule has 4 nitrogen and oxygen atoms in total. The van der Waals surface area contributed by atoms with Crippen LogP contribution in [0.1, 0.15) is 31.0 Å². The second kappa shape index (κ2) is 7.33. The number of nitrogens with one attached hydrogen (secondary N) is 1. The second-order valence-corrected chi connectivity index (χ2v) is 7.27. The van der Waals surface area contributed by atoms with Crippen LogP contribution in [0.15, 0.2) is 60.8 Å². The van der Waals surface area contributed by atoms with Gasteiger partial charge in [-0.05, 0) is 17.2 Å². The lowest BCUT2D eigenvalue weighted by molar-refractivity contribution is 0.226. The van der Waals surface area contributed by atoms with Crippen LogP contribution in [0, 0.1) is 11.3 Å². The van der Waals surface area contributed by atoms with Crippen molar-refractivity contribution in [3.63, 3.8) is 0 Å². The van der Waals surface area contributed by atoms with Gasteiger partial charge in [-0.2, -0.15) is 5.26 Å². The molecule has 2 atom stereocenters. The Labute approximate surface area is 154 Å². The Morgan fingerprint density at radius 1 is 1.12 bits per heavy atom. The molecule has 4 heteroatoms. The molecule has 0 spiro atoms. The van der Waals surface area contributed by atoms with E-state index in [9.17, 15) is 10.4 Å². The molecule has 0 radical (unpaired) electrons. The highest BCUT2D eigenvalue weighted by atomic mass is 16.3. The number of aliphatic hydroxyl groups is 1. The van der Waals surface area contributed by atoms with Gasteiger partial charge in [-0.15, -0.1) is 0 Å². The van der Waals surface area contributed by atoms with Crippen LogP contribution in [0.25, 0.3) is 10.9 Å². The van der Waals surface area contributed by atoms with E-state index in [1.807, 2.05) is 49.5 Å². The summed E-state index contributed by atoms with van der Waals surface area (Å²) in [7, 11) is 2.03. The highest BCUT2D eigenvalue weighted by molar-refractivity contribution is 5.85. The maximum Gasteiger partial charge on any atom is 0.105 e. The third kappa shape index (κ3) is 3.24. The Balaban J connectivity index is 1.96. The van der Waals surface area contributed by atoms with Crippen molar-refractivity contribution in [2.45, 2.75) is 31.3 Å². The Hall–Kier alpha value is -2.61. The summed E-state index contributed by atoms with van der Waals surface area (Å²) < 4.78 is 2.10. The topological polar surface area (TPSA) is 61.0 Å². The fourth-order valence-corrected chi connectivity index (χ4v) is 3.56. The Bertz CT molecular complexity index is 921. The van der Waals surface area contributed by atoms with E-state index >= 15 is 0 Å². The summed E-state index contributed by atoms with van der Waals surface area (Å²) in [6.45, 7) is 4.10. The molecular formula is C22H25N3O. The number of aryl methyl sites for hydroxylation is 1. The first-order chi connectivity index (χ1) is 12.5. The van der Waals surface area contributed by atoms with E-state index in [4.69, 9.17) is 0 Å². The molecule has 1 aromatic heterocycles. The molecule has 26 heavy (non-hydrogen) atoms. The van der Waals surface area contributed by atoms with Gasteiger partial charge in [0.05, 0.1) is 18.7 Å². The standard InChI is InChI=1S/C22H25N3O/c1-22(2,18-14-25(3)20-12-8-7-11-17(18)20)21(13-23)24-19(15-26)16-9-5-4-6-10-16/h4-12,14,19,21,24,26H,15H2,1-3H3/t19-,21-/m0/s1. The van der Waals surface area contributed by atoms with Crippen LogP contribution in [0.3, 0.4) is 0 Å². The fraction of sp³-hybridized carbons (Fsp3) is 0.318. The van der Waals surface area contributed by atoms with Crippen LogP contribution < -0.4 is 5.32 Å². The monoisotopic (exact) mass is 347 g/mol. The van der Waals surface area contributed by atoms with Gasteiger partial charge in [0.1, 0.15) is 6.04 Å². The first-order valence-corrected chi connectivity index (χ1v) is 8.85. The third-order valence-electron chi connectivity index (χ3n) is 5.19. The summed E-state index contributed by atoms with van der Waals surface area (Å²) in [5.41, 5.74) is 2.81. The van der Waals surface area contributed by atoms with Crippen LogP contribution in [0.5, 0.6) is 0 Å². The molecule has 0 fully saturated rings. The van der Waals surface area contributed by atoms with Gasteiger partial charge in [0.2, 0.25) is 0 Å². The van der Waals surface area contributed by atoms with E-state index in [1.54, 1.807) is 0 Å². The molecule has 0 aliphatic heterocycles. The van der Waals surface area contributed by atoms with Crippen molar-refractivity contribution in [2.75, 3.05) is 6.61 Å². The Morgan fingerprint density at radius 3 is 2.42 bits per heavy atom. The quantitative estimate of drug-likeness (QED) is 0.715. The molecule has 1 heterocycles. The Kier molecular flexibility index (Phi) is 5.13. The number of benzene rings is 2. The number of nitriles is 1. The number of nitrogens with zero attached hydrogens (tertiary/aromatic N) is 2. The molecule has 3 rings (SSSR count). The van der Waals surface area contributed by atoms with Crippen molar-refractivity contribution in [3.05, 3.63) is 71.9 Å². The molecule has 0 unspecified atom stereocenters. The Morgan fingerprint density at radius 2 is 1.77 bits per heavy atom. The lowest BCUT2D eigenvalue weighted by atomic mass is 9.77. The molecule has 0 saturated heterocycles. The second-order valence-electron chi connectivity index (χ2n) is 7.27. The maximum absolute atomic E-state index is 9.89. The number of aromatic nitrogens is 1. The SMILES string of the molecule is Cn1cc(C(C)(C)[C@H](C#N)N[C@@H](CO)c2ccccc2)c2ccccc21. The fourth-order valence-electron chi connectivity index (χ4n) is 3.56. The van der Waals surface area contributed by atoms with Crippen molar-refractivity contribution in [1.82, 2.24) is 9.88 Å². The highest BCUT2D eigenvalue weighted by Crippen LogP contribution is 2.35. The van der Waals surface area contributed by atoms with Gasteiger partial charge in [0.25, 0.3) is 0 Å². The van der Waals surface area contributed by atoms with E-state index in [-0.39, 0.29) is 12.6 Å². The van der Waals surface area contributed by atoms with Gasteiger partial charge < -0.3 is 9.67 Å². The molecule has 0 saturated carbocycles. The van der Waals surface area contributed by atoms with E-state index < -0.39 is 11.5 Å². The lowest BCUT2D eigenvalue weighted by Crippen LogP contribution is -2.46. The van der Waals surface area contributed by atoms with Crippen LogP contribution in [-0.2, 0) is 12.5 Å². The first kappa shape index (κ1) is 18.2. The average Bonchev–Trinajstić information content (AvgIpc) is 3.01. The van der Waals surface area contributed by atoms with Crippen molar-refractivity contribution in [3.8, 4) is 6.07 Å². The largest absolute Gasteiger partial charge is 0.394 e. The zero-order chi connectivity index (χ0) is 18.7. The summed E-state index contributed by atoms with van der Waals surface area (Å²) in [5.74, 6) is 0. The van der Waals surface area contributed by atoms with E-state index in [1.165, 1.54) is 0 Å². The average molecular weight is 347 g/mol. The van der Waals surface area contributed by atoms with Gasteiger partial charge in [-0.1, -0.05) is 62.4 Å². The van der Waals surface area contributed by atoms with E-state index in [2.05, 4.69) is 48.1 Å². The maximum atomic E-state index is 9.89. The number of hydrogen-bond acceptors (Lipinski definition) is 3. The molecule has 0 aliphatic rings. The first-order valence-electron chi connectivity index (χ1n) is 8.85. The summed E-state index contributed by atoms with van der Waals surface area (Å²) in [6.07, 6.45) is 2.10. The third-order valence-corrected chi connectivity index (χ3v) is 5.19. The summed E-state index contributed by atoms with van der Waals surface area (Å²) in [5, 5.41) is 24.3. The van der Waals surface area contributed by atoms with E-state index in [0.717, 1.165) is 22.0 Å². The summed E-state index contributed by atoms with van der Waals surface area (Å²) >= 11 is 0. The van der Waals surface area contributed by atoms with Crippen molar-refractivity contribution in [2.24, 2.45) is 7.05 Å². The normalized spacial score (nSPS) is 14.1. The minimum atomic E-state index is -0.453. The number of para-hydroxylation sites is 1. The number of fused-ring (bicyclic) bond motifs is 1. The molecule has 0 aliphatic carbocycles. The van der Waals surface area contributed by atoms with Gasteiger partial charge in [0.15, 0.2) is 0 Å². The van der Waals surface area contributed by atoms with Gasteiger partial charge in [-0.25, -0.2) is 0 Å². The summed E-state index contributed by atoms with van der Waals surface area (Å²) in [6, 6.07) is 19.7. The summed E-state index contributed by atoms with van der Waals surface area (Å²) in [4.78, 5) is 0. The zero-order valence-electron chi connectivity index (χ0n) is 15.5.